The molecular weight excluding hydrogens is 372 g/mol. The van der Waals surface area contributed by atoms with Crippen LogP contribution in [0.1, 0.15) is 27.6 Å². The lowest BCUT2D eigenvalue weighted by atomic mass is 9.97. The molecule has 3 rings (SSSR count). The van der Waals surface area contributed by atoms with Crippen molar-refractivity contribution in [3.05, 3.63) is 35.4 Å². The van der Waals surface area contributed by atoms with Crippen LogP contribution in [0.3, 0.4) is 0 Å². The molecule has 1 aromatic carbocycles. The molecular formula is C18H22N2O8. The first kappa shape index (κ1) is 20.4. The van der Waals surface area contributed by atoms with Crippen LogP contribution in [0.2, 0.25) is 0 Å². The lowest BCUT2D eigenvalue weighted by Crippen LogP contribution is -2.64. The molecule has 0 spiro atoms. The summed E-state index contributed by atoms with van der Waals surface area (Å²) in [6.45, 7) is 0.463. The van der Waals surface area contributed by atoms with E-state index in [-0.39, 0.29) is 13.2 Å². The maximum Gasteiger partial charge on any atom is 0.261 e. The zero-order valence-corrected chi connectivity index (χ0v) is 15.1. The van der Waals surface area contributed by atoms with E-state index in [9.17, 15) is 29.7 Å². The molecule has 1 saturated heterocycles. The Morgan fingerprint density at radius 2 is 1.79 bits per heavy atom. The van der Waals surface area contributed by atoms with Gasteiger partial charge in [-0.3, -0.25) is 19.3 Å². The van der Waals surface area contributed by atoms with Gasteiger partial charge in [0.25, 0.3) is 11.8 Å². The van der Waals surface area contributed by atoms with Crippen molar-refractivity contribution in [2.75, 3.05) is 19.8 Å². The highest BCUT2D eigenvalue weighted by Crippen LogP contribution is 2.24. The van der Waals surface area contributed by atoms with Crippen molar-refractivity contribution in [1.82, 2.24) is 10.2 Å². The second kappa shape index (κ2) is 8.33. The van der Waals surface area contributed by atoms with E-state index in [0.29, 0.717) is 11.1 Å². The van der Waals surface area contributed by atoms with Crippen LogP contribution in [0.15, 0.2) is 24.3 Å². The highest BCUT2D eigenvalue weighted by Gasteiger charge is 2.45. The largest absolute Gasteiger partial charge is 0.394 e. The van der Waals surface area contributed by atoms with Crippen molar-refractivity contribution in [3.8, 4) is 0 Å². The number of hydrogen-bond acceptors (Lipinski definition) is 8. The highest BCUT2D eigenvalue weighted by atomic mass is 16.7. The first-order valence-electron chi connectivity index (χ1n) is 8.81. The fraction of sp³-hybridized carbons (Fsp3) is 0.500. The summed E-state index contributed by atoms with van der Waals surface area (Å²) in [6, 6.07) is 5.38. The number of nitrogens with zero attached hydrogens (tertiary/aromatic N) is 1. The van der Waals surface area contributed by atoms with E-state index in [1.54, 1.807) is 24.3 Å². The maximum absolute atomic E-state index is 12.3. The van der Waals surface area contributed by atoms with Gasteiger partial charge in [-0.1, -0.05) is 12.1 Å². The minimum atomic E-state index is -1.43. The number of fused-ring (bicyclic) bond motifs is 1. The quantitative estimate of drug-likeness (QED) is 0.415. The Hall–Kier alpha value is -2.37. The number of rotatable bonds is 6. The predicted octanol–water partition coefficient (Wildman–Crippen LogP) is -1.76. The van der Waals surface area contributed by atoms with Gasteiger partial charge in [0, 0.05) is 6.92 Å². The number of aliphatic hydroxyl groups is 3. The number of amides is 3. The second-order valence-corrected chi connectivity index (χ2v) is 6.61. The van der Waals surface area contributed by atoms with Crippen LogP contribution in [0.5, 0.6) is 0 Å². The number of carbonyl (C=O) groups excluding carboxylic acids is 3. The van der Waals surface area contributed by atoms with E-state index in [2.05, 4.69) is 5.32 Å². The van der Waals surface area contributed by atoms with Crippen molar-refractivity contribution < 1.29 is 39.2 Å². The summed E-state index contributed by atoms with van der Waals surface area (Å²) in [5.74, 6) is -1.34. The molecule has 0 aromatic heterocycles. The van der Waals surface area contributed by atoms with E-state index in [0.717, 1.165) is 4.90 Å². The number of carbonyl (C=O) groups is 3. The zero-order valence-electron chi connectivity index (χ0n) is 15.1. The first-order chi connectivity index (χ1) is 13.3. The molecule has 0 aliphatic carbocycles. The van der Waals surface area contributed by atoms with Gasteiger partial charge in [0.15, 0.2) is 6.29 Å². The van der Waals surface area contributed by atoms with Gasteiger partial charge in [0.2, 0.25) is 5.91 Å². The Kier molecular flexibility index (Phi) is 6.06. The summed E-state index contributed by atoms with van der Waals surface area (Å²) in [6.07, 6.45) is -5.14. The molecule has 4 N–H and O–H groups in total. The molecule has 152 valence electrons. The summed E-state index contributed by atoms with van der Waals surface area (Å²) in [5, 5.41) is 31.9. The number of nitrogens with one attached hydrogen (secondary N) is 1. The molecule has 5 atom stereocenters. The number of imide groups is 1. The van der Waals surface area contributed by atoms with Gasteiger partial charge in [-0.2, -0.15) is 0 Å². The molecule has 28 heavy (non-hydrogen) atoms. The average Bonchev–Trinajstić information content (AvgIpc) is 2.92. The van der Waals surface area contributed by atoms with Gasteiger partial charge in [-0.05, 0) is 12.1 Å². The van der Waals surface area contributed by atoms with Crippen LogP contribution in [0.4, 0.5) is 0 Å². The summed E-state index contributed by atoms with van der Waals surface area (Å²) in [4.78, 5) is 37.1. The molecule has 0 saturated carbocycles. The van der Waals surface area contributed by atoms with Crippen LogP contribution in [-0.4, -0.2) is 88.3 Å². The van der Waals surface area contributed by atoms with Crippen molar-refractivity contribution >= 4 is 17.7 Å². The molecule has 3 amide bonds. The minimum absolute atomic E-state index is 0.0680. The first-order valence-corrected chi connectivity index (χ1v) is 8.81. The lowest BCUT2D eigenvalue weighted by Gasteiger charge is -2.42. The number of ether oxygens (including phenoxy) is 2. The number of hydrogen-bond donors (Lipinski definition) is 4. The molecule has 2 aliphatic heterocycles. The topological polar surface area (TPSA) is 146 Å². The minimum Gasteiger partial charge on any atom is -0.394 e. The maximum atomic E-state index is 12.3. The number of aliphatic hydroxyl groups excluding tert-OH is 3. The Morgan fingerprint density at radius 1 is 1.18 bits per heavy atom. The third-order valence-electron chi connectivity index (χ3n) is 4.73. The fourth-order valence-corrected chi connectivity index (χ4v) is 3.32. The van der Waals surface area contributed by atoms with Crippen LogP contribution in [-0.2, 0) is 14.3 Å². The Morgan fingerprint density at radius 3 is 2.32 bits per heavy atom. The number of benzene rings is 1. The molecule has 10 nitrogen and oxygen atoms in total. The molecule has 10 heteroatoms. The van der Waals surface area contributed by atoms with Crippen molar-refractivity contribution in [2.45, 2.75) is 37.6 Å². The van der Waals surface area contributed by atoms with Gasteiger partial charge >= 0.3 is 0 Å². The lowest BCUT2D eigenvalue weighted by molar-refractivity contribution is -0.270. The monoisotopic (exact) mass is 394 g/mol. The smallest absolute Gasteiger partial charge is 0.261 e. The van der Waals surface area contributed by atoms with E-state index in [4.69, 9.17) is 9.47 Å². The van der Waals surface area contributed by atoms with E-state index >= 15 is 0 Å². The van der Waals surface area contributed by atoms with Gasteiger partial charge in [0.05, 0.1) is 30.9 Å². The zero-order chi connectivity index (χ0) is 20.4. The third-order valence-corrected chi connectivity index (χ3v) is 4.73. The SMILES string of the molecule is CC(=O)N[C@@H]1[C@H](OCCN2C(=O)c3ccccc3C2=O)O[C@H](CO)[C@H](O)[C@H]1O. The molecule has 2 aliphatic rings. The fourth-order valence-electron chi connectivity index (χ4n) is 3.32. The van der Waals surface area contributed by atoms with Crippen LogP contribution >= 0.6 is 0 Å². The summed E-state index contributed by atoms with van der Waals surface area (Å²) < 4.78 is 11.0. The molecule has 1 aromatic rings. The molecule has 1 fully saturated rings. The van der Waals surface area contributed by atoms with Gasteiger partial charge in [0.1, 0.15) is 24.4 Å². The third kappa shape index (κ3) is 3.77. The molecule has 0 unspecified atom stereocenters. The van der Waals surface area contributed by atoms with Crippen LogP contribution in [0, 0.1) is 0 Å². The van der Waals surface area contributed by atoms with Crippen molar-refractivity contribution in [2.24, 2.45) is 0 Å². The predicted molar refractivity (Wildman–Crippen MR) is 93.1 cm³/mol. The highest BCUT2D eigenvalue weighted by molar-refractivity contribution is 6.21. The second-order valence-electron chi connectivity index (χ2n) is 6.61. The van der Waals surface area contributed by atoms with Crippen molar-refractivity contribution in [1.29, 1.82) is 0 Å². The van der Waals surface area contributed by atoms with Crippen molar-refractivity contribution in [3.63, 3.8) is 0 Å². The van der Waals surface area contributed by atoms with Gasteiger partial charge < -0.3 is 30.1 Å². The van der Waals surface area contributed by atoms with E-state index < -0.39 is 55.0 Å². The summed E-state index contributed by atoms with van der Waals surface area (Å²) in [7, 11) is 0. The summed E-state index contributed by atoms with van der Waals surface area (Å²) >= 11 is 0. The van der Waals surface area contributed by atoms with Gasteiger partial charge in [-0.15, -0.1) is 0 Å². The summed E-state index contributed by atoms with van der Waals surface area (Å²) in [5.41, 5.74) is 0.632. The van der Waals surface area contributed by atoms with E-state index in [1.807, 2.05) is 0 Å². The average molecular weight is 394 g/mol. The molecule has 0 bridgehead atoms. The van der Waals surface area contributed by atoms with Crippen LogP contribution < -0.4 is 5.32 Å². The normalized spacial score (nSPS) is 29.7. The molecule has 0 radical (unpaired) electrons. The standard InChI is InChI=1S/C18H22N2O8/c1-9(22)19-13-15(24)14(23)12(8-21)28-18(13)27-7-6-20-16(25)10-4-2-3-5-11(10)17(20)26/h2-5,12-15,18,21,23-24H,6-8H2,1H3,(H,19,22)/t12-,13+,14+,15+,18-/m1/s1. The Balaban J connectivity index is 1.64. The Labute approximate surface area is 160 Å². The van der Waals surface area contributed by atoms with Gasteiger partial charge in [-0.25, -0.2) is 0 Å². The van der Waals surface area contributed by atoms with E-state index in [1.165, 1.54) is 6.92 Å². The Bertz CT molecular complexity index is 735. The molecule has 2 heterocycles. The van der Waals surface area contributed by atoms with Crippen LogP contribution in [0.25, 0.3) is 0 Å².